The lowest BCUT2D eigenvalue weighted by atomic mass is 10.1. The van der Waals surface area contributed by atoms with Gasteiger partial charge < -0.3 is 5.84 Å². The Morgan fingerprint density at radius 1 is 0.900 bits per heavy atom. The third kappa shape index (κ3) is 2.14. The molecule has 20 heavy (non-hydrogen) atoms. The van der Waals surface area contributed by atoms with Gasteiger partial charge in [-0.05, 0) is 5.56 Å². The molecule has 0 unspecified atom stereocenters. The Hall–Kier alpha value is -2.33. The highest BCUT2D eigenvalue weighted by Crippen LogP contribution is 2.33. The number of thiazole rings is 1. The third-order valence-electron chi connectivity index (χ3n) is 3.13. The standard InChI is InChI=1S/C16H15N3S/c1-18-16-19(17)14(12-8-4-2-5-9-12)15(20-16)13-10-6-3-7-11-13/h2-11H,17H2,1H3. The molecule has 0 aliphatic heterocycles. The molecule has 0 aliphatic carbocycles. The SMILES string of the molecule is CN=c1sc(-c2ccccc2)c(-c2ccccc2)n1N. The molecule has 0 amide bonds. The molecule has 3 nitrogen and oxygen atoms in total. The Kier molecular flexibility index (Phi) is 3.39. The van der Waals surface area contributed by atoms with E-state index in [2.05, 4.69) is 29.3 Å². The first kappa shape index (κ1) is 12.7. The lowest BCUT2D eigenvalue weighted by Gasteiger charge is -2.06. The fourth-order valence-corrected chi connectivity index (χ4v) is 3.23. The number of aromatic nitrogens is 1. The van der Waals surface area contributed by atoms with E-state index in [4.69, 9.17) is 5.84 Å². The number of hydrogen-bond acceptors (Lipinski definition) is 3. The van der Waals surface area contributed by atoms with E-state index in [-0.39, 0.29) is 0 Å². The predicted molar refractivity (Wildman–Crippen MR) is 84.8 cm³/mol. The van der Waals surface area contributed by atoms with E-state index in [1.165, 1.54) is 0 Å². The van der Waals surface area contributed by atoms with Gasteiger partial charge in [0, 0.05) is 12.6 Å². The Morgan fingerprint density at radius 3 is 2.00 bits per heavy atom. The molecule has 0 bridgehead atoms. The molecule has 0 atom stereocenters. The highest BCUT2D eigenvalue weighted by molar-refractivity contribution is 7.13. The summed E-state index contributed by atoms with van der Waals surface area (Å²) in [6.45, 7) is 0. The van der Waals surface area contributed by atoms with E-state index < -0.39 is 0 Å². The van der Waals surface area contributed by atoms with Crippen LogP contribution in [0, 0.1) is 0 Å². The summed E-state index contributed by atoms with van der Waals surface area (Å²) in [5, 5.41) is 0. The molecule has 1 aromatic heterocycles. The molecule has 3 rings (SSSR count). The summed E-state index contributed by atoms with van der Waals surface area (Å²) in [7, 11) is 1.76. The molecule has 100 valence electrons. The fourth-order valence-electron chi connectivity index (χ4n) is 2.20. The van der Waals surface area contributed by atoms with Gasteiger partial charge in [-0.15, -0.1) is 0 Å². The van der Waals surface area contributed by atoms with Crippen LogP contribution in [0.1, 0.15) is 0 Å². The van der Waals surface area contributed by atoms with Crippen molar-refractivity contribution >= 4 is 11.3 Å². The summed E-state index contributed by atoms with van der Waals surface area (Å²) < 4.78 is 1.67. The monoisotopic (exact) mass is 281 g/mol. The van der Waals surface area contributed by atoms with Gasteiger partial charge in [0.1, 0.15) is 0 Å². The lowest BCUT2D eigenvalue weighted by molar-refractivity contribution is 0.950. The van der Waals surface area contributed by atoms with Crippen molar-refractivity contribution in [3.63, 3.8) is 0 Å². The summed E-state index contributed by atoms with van der Waals surface area (Å²) in [6.07, 6.45) is 0. The van der Waals surface area contributed by atoms with Crippen LogP contribution in [0.3, 0.4) is 0 Å². The van der Waals surface area contributed by atoms with Gasteiger partial charge in [0.15, 0.2) is 0 Å². The Bertz CT molecular complexity index is 770. The maximum absolute atomic E-state index is 6.22. The minimum Gasteiger partial charge on any atom is -0.337 e. The third-order valence-corrected chi connectivity index (χ3v) is 4.32. The second-order valence-corrected chi connectivity index (χ2v) is 5.37. The molecular formula is C16H15N3S. The summed E-state index contributed by atoms with van der Waals surface area (Å²) >= 11 is 1.61. The number of nitrogens with two attached hydrogens (primary N) is 1. The maximum atomic E-state index is 6.22. The normalized spacial score (nSPS) is 11.8. The van der Waals surface area contributed by atoms with Crippen LogP contribution in [0.2, 0.25) is 0 Å². The average Bonchev–Trinajstić information content (AvgIpc) is 2.86. The van der Waals surface area contributed by atoms with Crippen LogP contribution < -0.4 is 10.6 Å². The van der Waals surface area contributed by atoms with Crippen molar-refractivity contribution in [2.45, 2.75) is 0 Å². The summed E-state index contributed by atoms with van der Waals surface area (Å²) in [5.74, 6) is 6.22. The molecule has 2 aromatic carbocycles. The minimum absolute atomic E-state index is 0.808. The molecule has 0 fully saturated rings. The van der Waals surface area contributed by atoms with Gasteiger partial charge >= 0.3 is 0 Å². The Balaban J connectivity index is 2.31. The quantitative estimate of drug-likeness (QED) is 0.721. The van der Waals surface area contributed by atoms with Crippen LogP contribution >= 0.6 is 11.3 Å². The van der Waals surface area contributed by atoms with Crippen LogP contribution in [0.25, 0.3) is 21.7 Å². The molecule has 3 aromatic rings. The van der Waals surface area contributed by atoms with E-state index in [1.54, 1.807) is 23.1 Å². The first-order valence-electron chi connectivity index (χ1n) is 6.36. The van der Waals surface area contributed by atoms with Crippen molar-refractivity contribution in [1.82, 2.24) is 4.68 Å². The van der Waals surface area contributed by atoms with Gasteiger partial charge in [0.05, 0.1) is 10.6 Å². The highest BCUT2D eigenvalue weighted by Gasteiger charge is 2.14. The van der Waals surface area contributed by atoms with Crippen molar-refractivity contribution < 1.29 is 0 Å². The molecule has 0 radical (unpaired) electrons. The summed E-state index contributed by atoms with van der Waals surface area (Å²) in [4.78, 5) is 6.21. The van der Waals surface area contributed by atoms with E-state index in [0.29, 0.717) is 0 Å². The van der Waals surface area contributed by atoms with Crippen molar-refractivity contribution in [3.05, 3.63) is 65.5 Å². The van der Waals surface area contributed by atoms with Crippen molar-refractivity contribution in [3.8, 4) is 21.7 Å². The number of benzene rings is 2. The molecule has 2 N–H and O–H groups in total. The van der Waals surface area contributed by atoms with Gasteiger partial charge in [0.25, 0.3) is 0 Å². The smallest absolute Gasteiger partial charge is 0.204 e. The first-order valence-corrected chi connectivity index (χ1v) is 7.17. The summed E-state index contributed by atoms with van der Waals surface area (Å²) in [5.41, 5.74) is 3.26. The Labute approximate surface area is 121 Å². The number of hydrogen-bond donors (Lipinski definition) is 1. The predicted octanol–water partition coefficient (Wildman–Crippen LogP) is 3.13. The molecular weight excluding hydrogens is 266 g/mol. The number of rotatable bonds is 2. The zero-order valence-electron chi connectivity index (χ0n) is 11.2. The molecule has 1 heterocycles. The summed E-state index contributed by atoms with van der Waals surface area (Å²) in [6, 6.07) is 20.4. The number of nitrogens with zero attached hydrogens (tertiary/aromatic N) is 2. The van der Waals surface area contributed by atoms with Gasteiger partial charge in [-0.25, -0.2) is 4.68 Å². The maximum Gasteiger partial charge on any atom is 0.204 e. The van der Waals surface area contributed by atoms with E-state index >= 15 is 0 Å². The second-order valence-electron chi connectivity index (χ2n) is 4.39. The van der Waals surface area contributed by atoms with Crippen LogP contribution in [0.15, 0.2) is 65.7 Å². The van der Waals surface area contributed by atoms with Crippen LogP contribution in [-0.4, -0.2) is 11.7 Å². The van der Waals surface area contributed by atoms with Crippen molar-refractivity contribution in [2.24, 2.45) is 4.99 Å². The van der Waals surface area contributed by atoms with Crippen LogP contribution in [0.4, 0.5) is 0 Å². The molecule has 0 spiro atoms. The van der Waals surface area contributed by atoms with E-state index in [1.807, 2.05) is 36.4 Å². The minimum atomic E-state index is 0.808. The Morgan fingerprint density at radius 2 is 1.45 bits per heavy atom. The van der Waals surface area contributed by atoms with Gasteiger partial charge in [0.2, 0.25) is 4.80 Å². The molecule has 0 saturated heterocycles. The number of nitrogen functional groups attached to an aromatic ring is 1. The van der Waals surface area contributed by atoms with Gasteiger partial charge in [-0.3, -0.25) is 4.99 Å². The largest absolute Gasteiger partial charge is 0.337 e. The van der Waals surface area contributed by atoms with Crippen LogP contribution in [0.5, 0.6) is 0 Å². The molecule has 0 aliphatic rings. The fraction of sp³-hybridized carbons (Fsp3) is 0.0625. The highest BCUT2D eigenvalue weighted by atomic mass is 32.1. The van der Waals surface area contributed by atoms with Gasteiger partial charge in [-0.1, -0.05) is 72.0 Å². The molecule has 0 saturated carbocycles. The van der Waals surface area contributed by atoms with E-state index in [9.17, 15) is 0 Å². The topological polar surface area (TPSA) is 43.3 Å². The first-order chi connectivity index (χ1) is 9.81. The second kappa shape index (κ2) is 5.35. The van der Waals surface area contributed by atoms with Crippen molar-refractivity contribution in [2.75, 3.05) is 12.9 Å². The zero-order valence-corrected chi connectivity index (χ0v) is 12.0. The van der Waals surface area contributed by atoms with Crippen LogP contribution in [-0.2, 0) is 0 Å². The van der Waals surface area contributed by atoms with Crippen molar-refractivity contribution in [1.29, 1.82) is 0 Å². The van der Waals surface area contributed by atoms with E-state index in [0.717, 1.165) is 26.5 Å². The van der Waals surface area contributed by atoms with Gasteiger partial charge in [-0.2, -0.15) is 0 Å². The lowest BCUT2D eigenvalue weighted by Crippen LogP contribution is -2.23. The zero-order chi connectivity index (χ0) is 13.9. The molecule has 4 heteroatoms. The average molecular weight is 281 g/mol.